The average Bonchev–Trinajstić information content (AvgIpc) is 2.01. The number of ether oxygens (including phenoxy) is 2. The van der Waals surface area contributed by atoms with E-state index in [0.29, 0.717) is 32.0 Å². The fourth-order valence-corrected chi connectivity index (χ4v) is 0.566. The van der Waals surface area contributed by atoms with Gasteiger partial charge in [0.05, 0.1) is 25.6 Å². The van der Waals surface area contributed by atoms with Gasteiger partial charge in [-0.25, -0.2) is 0 Å². The van der Waals surface area contributed by atoms with E-state index in [1.54, 1.807) is 14.2 Å². The summed E-state index contributed by atoms with van der Waals surface area (Å²) in [5, 5.41) is 0. The van der Waals surface area contributed by atoms with Gasteiger partial charge >= 0.3 is 0 Å². The highest BCUT2D eigenvalue weighted by atomic mass is 16.5. The molecule has 11 heavy (non-hydrogen) atoms. The standard InChI is InChI=1S/C7H16N2O2/c1-10-5-3-7(8)9-4-6-11-2/h3-6H2,1-2H3,(H2,8,9). The van der Waals surface area contributed by atoms with Crippen molar-refractivity contribution >= 4 is 5.84 Å². The Hall–Kier alpha value is -0.610. The molecule has 2 N–H and O–H groups in total. The molecule has 0 amide bonds. The van der Waals surface area contributed by atoms with E-state index in [9.17, 15) is 0 Å². The lowest BCUT2D eigenvalue weighted by Gasteiger charge is -1.99. The smallest absolute Gasteiger partial charge is 0.0961 e. The fraction of sp³-hybridized carbons (Fsp3) is 0.857. The first-order valence-electron chi connectivity index (χ1n) is 3.58. The lowest BCUT2D eigenvalue weighted by Crippen LogP contribution is -2.15. The second-order valence-electron chi connectivity index (χ2n) is 2.11. The molecule has 4 heteroatoms. The molecular weight excluding hydrogens is 144 g/mol. The van der Waals surface area contributed by atoms with Crippen LogP contribution in [0.1, 0.15) is 6.42 Å². The highest BCUT2D eigenvalue weighted by Gasteiger charge is 1.90. The summed E-state index contributed by atoms with van der Waals surface area (Å²) < 4.78 is 9.63. The van der Waals surface area contributed by atoms with E-state index >= 15 is 0 Å². The van der Waals surface area contributed by atoms with Crippen molar-refractivity contribution in [2.75, 3.05) is 34.0 Å². The van der Waals surface area contributed by atoms with Crippen molar-refractivity contribution < 1.29 is 9.47 Å². The Bertz CT molecular complexity index is 115. The Balaban J connectivity index is 3.30. The number of nitrogens with zero attached hydrogens (tertiary/aromatic N) is 1. The number of hydrogen-bond acceptors (Lipinski definition) is 3. The maximum Gasteiger partial charge on any atom is 0.0961 e. The van der Waals surface area contributed by atoms with E-state index in [1.165, 1.54) is 0 Å². The SMILES string of the molecule is COCCN=C(N)CCOC. The summed E-state index contributed by atoms with van der Waals surface area (Å²) in [4.78, 5) is 4.04. The van der Waals surface area contributed by atoms with E-state index in [-0.39, 0.29) is 0 Å². The van der Waals surface area contributed by atoms with Crippen molar-refractivity contribution in [3.8, 4) is 0 Å². The molecule has 0 aromatic heterocycles. The van der Waals surface area contributed by atoms with Gasteiger partial charge in [0.1, 0.15) is 0 Å². The number of hydrogen-bond donors (Lipinski definition) is 1. The zero-order valence-corrected chi connectivity index (χ0v) is 7.17. The molecule has 4 nitrogen and oxygen atoms in total. The second-order valence-corrected chi connectivity index (χ2v) is 2.11. The number of nitrogens with two attached hydrogens (primary N) is 1. The largest absolute Gasteiger partial charge is 0.387 e. The molecule has 0 spiro atoms. The zero-order valence-electron chi connectivity index (χ0n) is 7.17. The van der Waals surface area contributed by atoms with Crippen LogP contribution in [-0.2, 0) is 9.47 Å². The first-order valence-corrected chi connectivity index (χ1v) is 3.58. The first-order chi connectivity index (χ1) is 5.31. The van der Waals surface area contributed by atoms with Crippen molar-refractivity contribution in [1.82, 2.24) is 0 Å². The Labute approximate surface area is 67.4 Å². The summed E-state index contributed by atoms with van der Waals surface area (Å²) in [6, 6.07) is 0. The van der Waals surface area contributed by atoms with Crippen LogP contribution in [0.2, 0.25) is 0 Å². The minimum atomic E-state index is 0.619. The molecule has 0 bridgehead atoms. The van der Waals surface area contributed by atoms with Gasteiger partial charge in [0.2, 0.25) is 0 Å². The van der Waals surface area contributed by atoms with Gasteiger partial charge < -0.3 is 15.2 Å². The van der Waals surface area contributed by atoms with Gasteiger partial charge in [0.25, 0.3) is 0 Å². The predicted molar refractivity (Wildman–Crippen MR) is 44.9 cm³/mol. The van der Waals surface area contributed by atoms with Crippen molar-refractivity contribution in [3.63, 3.8) is 0 Å². The number of amidine groups is 1. The third-order valence-corrected chi connectivity index (χ3v) is 1.17. The molecule has 0 fully saturated rings. The molecule has 0 aromatic rings. The Kier molecular flexibility index (Phi) is 7.08. The molecule has 0 heterocycles. The van der Waals surface area contributed by atoms with Crippen molar-refractivity contribution in [1.29, 1.82) is 0 Å². The van der Waals surface area contributed by atoms with E-state index in [4.69, 9.17) is 15.2 Å². The molecule has 0 atom stereocenters. The molecule has 0 saturated carbocycles. The van der Waals surface area contributed by atoms with Crippen LogP contribution in [0.5, 0.6) is 0 Å². The van der Waals surface area contributed by atoms with E-state index in [1.807, 2.05) is 0 Å². The molecule has 66 valence electrons. The topological polar surface area (TPSA) is 56.8 Å². The van der Waals surface area contributed by atoms with E-state index < -0.39 is 0 Å². The maximum atomic E-state index is 5.51. The lowest BCUT2D eigenvalue weighted by molar-refractivity contribution is 0.204. The minimum Gasteiger partial charge on any atom is -0.387 e. The number of methoxy groups -OCH3 is 2. The van der Waals surface area contributed by atoms with E-state index in [2.05, 4.69) is 4.99 Å². The van der Waals surface area contributed by atoms with Crippen molar-refractivity contribution in [3.05, 3.63) is 0 Å². The van der Waals surface area contributed by atoms with Crippen LogP contribution < -0.4 is 5.73 Å². The van der Waals surface area contributed by atoms with Crippen LogP contribution in [-0.4, -0.2) is 39.8 Å². The molecule has 0 aliphatic rings. The Morgan fingerprint density at radius 3 is 2.45 bits per heavy atom. The van der Waals surface area contributed by atoms with Gasteiger partial charge in [0.15, 0.2) is 0 Å². The van der Waals surface area contributed by atoms with Gasteiger partial charge in [-0.15, -0.1) is 0 Å². The lowest BCUT2D eigenvalue weighted by atomic mass is 10.4. The fourth-order valence-electron chi connectivity index (χ4n) is 0.566. The monoisotopic (exact) mass is 160 g/mol. The third kappa shape index (κ3) is 7.29. The normalized spacial score (nSPS) is 12.0. The molecular formula is C7H16N2O2. The average molecular weight is 160 g/mol. The van der Waals surface area contributed by atoms with Crippen molar-refractivity contribution in [2.24, 2.45) is 10.7 Å². The molecule has 0 rings (SSSR count). The van der Waals surface area contributed by atoms with Crippen molar-refractivity contribution in [2.45, 2.75) is 6.42 Å². The van der Waals surface area contributed by atoms with Gasteiger partial charge in [-0.05, 0) is 0 Å². The summed E-state index contributed by atoms with van der Waals surface area (Å²) >= 11 is 0. The van der Waals surface area contributed by atoms with Crippen LogP contribution in [0, 0.1) is 0 Å². The number of rotatable bonds is 6. The molecule has 0 saturated heterocycles. The quantitative estimate of drug-likeness (QED) is 0.339. The minimum absolute atomic E-state index is 0.619. The highest BCUT2D eigenvalue weighted by molar-refractivity contribution is 5.80. The Morgan fingerprint density at radius 1 is 1.27 bits per heavy atom. The van der Waals surface area contributed by atoms with Crippen LogP contribution in [0.4, 0.5) is 0 Å². The van der Waals surface area contributed by atoms with Gasteiger partial charge in [-0.1, -0.05) is 0 Å². The molecule has 0 aliphatic carbocycles. The zero-order chi connectivity index (χ0) is 8.53. The van der Waals surface area contributed by atoms with Crippen LogP contribution in [0.15, 0.2) is 4.99 Å². The summed E-state index contributed by atoms with van der Waals surface area (Å²) in [6.45, 7) is 1.88. The van der Waals surface area contributed by atoms with Crippen LogP contribution >= 0.6 is 0 Å². The van der Waals surface area contributed by atoms with Crippen LogP contribution in [0.25, 0.3) is 0 Å². The molecule has 0 radical (unpaired) electrons. The van der Waals surface area contributed by atoms with Crippen LogP contribution in [0.3, 0.4) is 0 Å². The Morgan fingerprint density at radius 2 is 1.91 bits per heavy atom. The van der Waals surface area contributed by atoms with Gasteiger partial charge in [-0.3, -0.25) is 4.99 Å². The summed E-state index contributed by atoms with van der Waals surface area (Å²) in [5.74, 6) is 0.629. The second kappa shape index (κ2) is 7.50. The molecule has 0 aliphatic heterocycles. The molecule has 0 aromatic carbocycles. The number of aliphatic imine (C=N–C) groups is 1. The van der Waals surface area contributed by atoms with Gasteiger partial charge in [0, 0.05) is 20.6 Å². The highest BCUT2D eigenvalue weighted by Crippen LogP contribution is 1.82. The first kappa shape index (κ1) is 10.4. The molecule has 0 unspecified atom stereocenters. The summed E-state index contributed by atoms with van der Waals surface area (Å²) in [6.07, 6.45) is 0.695. The maximum absolute atomic E-state index is 5.51. The summed E-state index contributed by atoms with van der Waals surface area (Å²) in [5.41, 5.74) is 5.51. The summed E-state index contributed by atoms with van der Waals surface area (Å²) in [7, 11) is 3.28. The predicted octanol–water partition coefficient (Wildman–Crippen LogP) is 0.0265. The third-order valence-electron chi connectivity index (χ3n) is 1.17. The van der Waals surface area contributed by atoms with E-state index in [0.717, 1.165) is 0 Å². The van der Waals surface area contributed by atoms with Gasteiger partial charge in [-0.2, -0.15) is 0 Å².